The molecule has 0 aliphatic heterocycles. The van der Waals surface area contributed by atoms with Crippen LogP contribution in [0.1, 0.15) is 16.2 Å². The molecule has 0 radical (unpaired) electrons. The fraction of sp³-hybridized carbons (Fsp3) is 0.0909. The number of ether oxygens (including phenoxy) is 3. The van der Waals surface area contributed by atoms with Gasteiger partial charge in [-0.2, -0.15) is 15.0 Å². The van der Waals surface area contributed by atoms with Crippen LogP contribution in [0.15, 0.2) is 67.1 Å². The molecule has 0 spiro atoms. The molecule has 0 aliphatic carbocycles. The number of methoxy groups -OCH3 is 1. The van der Waals surface area contributed by atoms with Crippen LogP contribution in [0, 0.1) is 0 Å². The Morgan fingerprint density at radius 1 is 1.03 bits per heavy atom. The number of nitrogen functional groups attached to an aromatic ring is 1. The highest BCUT2D eigenvalue weighted by Crippen LogP contribution is 2.26. The number of carbonyl (C=O) groups is 1. The summed E-state index contributed by atoms with van der Waals surface area (Å²) in [7, 11) is 1.55. The summed E-state index contributed by atoms with van der Waals surface area (Å²) in [5.74, 6) is 0.761. The molecule has 0 atom stereocenters. The summed E-state index contributed by atoms with van der Waals surface area (Å²) < 4.78 is 16.3. The van der Waals surface area contributed by atoms with Gasteiger partial charge in [-0.05, 0) is 36.4 Å². The van der Waals surface area contributed by atoms with Crippen molar-refractivity contribution in [2.45, 2.75) is 6.61 Å². The van der Waals surface area contributed by atoms with E-state index in [2.05, 4.69) is 30.2 Å². The Balaban J connectivity index is 1.47. The molecule has 4 aromatic rings. The van der Waals surface area contributed by atoms with Gasteiger partial charge in [0.15, 0.2) is 12.4 Å². The Kier molecular flexibility index (Phi) is 6.50. The Labute approximate surface area is 188 Å². The van der Waals surface area contributed by atoms with Crippen LogP contribution < -0.4 is 20.5 Å². The van der Waals surface area contributed by atoms with Crippen molar-refractivity contribution in [3.63, 3.8) is 0 Å². The second-order valence-corrected chi connectivity index (χ2v) is 6.48. The number of nitrogens with two attached hydrogens (primary N) is 1. The summed E-state index contributed by atoms with van der Waals surface area (Å²) in [6, 6.07) is 13.8. The molecule has 11 heteroatoms. The van der Waals surface area contributed by atoms with Crippen molar-refractivity contribution in [2.24, 2.45) is 0 Å². The predicted molar refractivity (Wildman–Crippen MR) is 118 cm³/mol. The van der Waals surface area contributed by atoms with Crippen LogP contribution in [0.5, 0.6) is 17.4 Å². The highest BCUT2D eigenvalue weighted by Gasteiger charge is 2.17. The smallest absolute Gasteiger partial charge is 0.344 e. The third kappa shape index (κ3) is 5.47. The highest BCUT2D eigenvalue weighted by molar-refractivity contribution is 5.91. The second kappa shape index (κ2) is 10.0. The number of hydrogen-bond acceptors (Lipinski definition) is 11. The monoisotopic (exact) mass is 445 g/mol. The zero-order valence-corrected chi connectivity index (χ0v) is 17.5. The molecule has 0 unspecified atom stereocenters. The number of hydrogen-bond donors (Lipinski definition) is 2. The summed E-state index contributed by atoms with van der Waals surface area (Å²) >= 11 is 0. The van der Waals surface area contributed by atoms with Crippen molar-refractivity contribution >= 4 is 23.6 Å². The number of esters is 1. The maximum Gasteiger partial charge on any atom is 0.344 e. The van der Waals surface area contributed by atoms with Crippen LogP contribution in [0.2, 0.25) is 0 Å². The van der Waals surface area contributed by atoms with Gasteiger partial charge in [0.05, 0.1) is 19.0 Å². The summed E-state index contributed by atoms with van der Waals surface area (Å²) in [5, 5.41) is 3.02. The predicted octanol–water partition coefficient (Wildman–Crippen LogP) is 3.15. The Morgan fingerprint density at radius 3 is 2.70 bits per heavy atom. The molecule has 0 saturated heterocycles. The highest BCUT2D eigenvalue weighted by atomic mass is 16.5. The lowest BCUT2D eigenvalue weighted by Gasteiger charge is -2.11. The number of pyridine rings is 2. The minimum atomic E-state index is -0.666. The maximum atomic E-state index is 12.7. The lowest BCUT2D eigenvalue weighted by molar-refractivity contribution is 0.0458. The molecule has 0 bridgehead atoms. The average Bonchev–Trinajstić information content (AvgIpc) is 2.83. The largest absolute Gasteiger partial charge is 0.495 e. The molecule has 0 fully saturated rings. The van der Waals surface area contributed by atoms with Crippen molar-refractivity contribution in [1.82, 2.24) is 24.9 Å². The fourth-order valence-corrected chi connectivity index (χ4v) is 2.78. The summed E-state index contributed by atoms with van der Waals surface area (Å²) in [6.07, 6.45) is 4.62. The van der Waals surface area contributed by atoms with E-state index in [4.69, 9.17) is 19.9 Å². The van der Waals surface area contributed by atoms with Gasteiger partial charge in [-0.3, -0.25) is 4.98 Å². The van der Waals surface area contributed by atoms with Crippen LogP contribution in [-0.4, -0.2) is 38.0 Å². The van der Waals surface area contributed by atoms with E-state index in [1.54, 1.807) is 43.6 Å². The molecule has 0 saturated carbocycles. The first-order valence-electron chi connectivity index (χ1n) is 9.73. The van der Waals surface area contributed by atoms with Crippen LogP contribution in [0.3, 0.4) is 0 Å². The molecule has 166 valence electrons. The molecule has 3 heterocycles. The van der Waals surface area contributed by atoms with E-state index in [0.29, 0.717) is 17.2 Å². The number of anilines is 3. The number of carbonyl (C=O) groups excluding carboxylic acids is 1. The van der Waals surface area contributed by atoms with Crippen molar-refractivity contribution in [3.05, 3.63) is 78.5 Å². The van der Waals surface area contributed by atoms with Crippen LogP contribution in [0.4, 0.5) is 17.6 Å². The molecule has 4 rings (SSSR count). The molecule has 33 heavy (non-hydrogen) atoms. The molecule has 0 aliphatic rings. The Bertz CT molecular complexity index is 1250. The van der Waals surface area contributed by atoms with E-state index in [-0.39, 0.29) is 35.8 Å². The molecule has 3 N–H and O–H groups in total. The lowest BCUT2D eigenvalue weighted by atomic mass is 10.3. The number of benzene rings is 1. The quantitative estimate of drug-likeness (QED) is 0.385. The molecule has 0 amide bonds. The normalized spacial score (nSPS) is 10.3. The van der Waals surface area contributed by atoms with Gasteiger partial charge in [-0.1, -0.05) is 12.1 Å². The van der Waals surface area contributed by atoms with Crippen molar-refractivity contribution < 1.29 is 19.0 Å². The summed E-state index contributed by atoms with van der Waals surface area (Å²) in [6.45, 7) is -0.243. The van der Waals surface area contributed by atoms with Crippen LogP contribution >= 0.6 is 0 Å². The maximum absolute atomic E-state index is 12.7. The number of nitrogens with zero attached hydrogens (tertiary/aromatic N) is 5. The van der Waals surface area contributed by atoms with Crippen LogP contribution in [0.25, 0.3) is 0 Å². The van der Waals surface area contributed by atoms with E-state index < -0.39 is 5.97 Å². The van der Waals surface area contributed by atoms with Gasteiger partial charge in [0.25, 0.3) is 0 Å². The molecule has 1 aromatic carbocycles. The zero-order chi connectivity index (χ0) is 23.0. The Hall–Kier alpha value is -4.80. The number of para-hydroxylation sites is 2. The number of nitrogens with one attached hydrogen (secondary N) is 1. The topological polar surface area (TPSA) is 147 Å². The van der Waals surface area contributed by atoms with Gasteiger partial charge in [-0.15, -0.1) is 0 Å². The van der Waals surface area contributed by atoms with Gasteiger partial charge in [0.2, 0.25) is 17.8 Å². The second-order valence-electron chi connectivity index (χ2n) is 6.48. The molecular formula is C22H19N7O4. The minimum absolute atomic E-state index is 0.0320. The van der Waals surface area contributed by atoms with E-state index in [1.807, 2.05) is 12.1 Å². The third-order valence-electron chi connectivity index (χ3n) is 4.22. The first-order valence-corrected chi connectivity index (χ1v) is 9.73. The minimum Gasteiger partial charge on any atom is -0.495 e. The standard InChI is InChI=1S/C22H19N7O4/c1-31-17-9-3-2-8-16(17)26-22-28-18(27-21(23)29-22)13-32-20(30)15-7-5-11-25-19(15)33-14-6-4-10-24-12-14/h2-12H,13H2,1H3,(H3,23,26,27,28,29). The van der Waals surface area contributed by atoms with Crippen molar-refractivity contribution in [3.8, 4) is 17.4 Å². The van der Waals surface area contributed by atoms with Crippen LogP contribution in [-0.2, 0) is 11.3 Å². The summed E-state index contributed by atoms with van der Waals surface area (Å²) in [5.41, 5.74) is 6.58. The third-order valence-corrected chi connectivity index (χ3v) is 4.22. The van der Waals surface area contributed by atoms with Gasteiger partial charge in [0, 0.05) is 12.4 Å². The fourth-order valence-electron chi connectivity index (χ4n) is 2.78. The first-order chi connectivity index (χ1) is 16.1. The van der Waals surface area contributed by atoms with E-state index in [0.717, 1.165) is 0 Å². The average molecular weight is 445 g/mol. The molecule has 11 nitrogen and oxygen atoms in total. The lowest BCUT2D eigenvalue weighted by Crippen LogP contribution is -2.12. The van der Waals surface area contributed by atoms with Crippen molar-refractivity contribution in [2.75, 3.05) is 18.2 Å². The van der Waals surface area contributed by atoms with E-state index >= 15 is 0 Å². The van der Waals surface area contributed by atoms with Gasteiger partial charge >= 0.3 is 5.97 Å². The van der Waals surface area contributed by atoms with Crippen molar-refractivity contribution in [1.29, 1.82) is 0 Å². The molecular weight excluding hydrogens is 426 g/mol. The zero-order valence-electron chi connectivity index (χ0n) is 17.5. The van der Waals surface area contributed by atoms with E-state index in [9.17, 15) is 4.79 Å². The first kappa shape index (κ1) is 21.4. The Morgan fingerprint density at radius 2 is 1.88 bits per heavy atom. The number of aromatic nitrogens is 5. The number of rotatable bonds is 8. The van der Waals surface area contributed by atoms with Gasteiger partial charge < -0.3 is 25.3 Å². The summed E-state index contributed by atoms with van der Waals surface area (Å²) in [4.78, 5) is 33.1. The van der Waals surface area contributed by atoms with E-state index in [1.165, 1.54) is 18.5 Å². The SMILES string of the molecule is COc1ccccc1Nc1nc(N)nc(COC(=O)c2cccnc2Oc2cccnc2)n1. The molecule has 3 aromatic heterocycles. The van der Waals surface area contributed by atoms with Gasteiger partial charge in [0.1, 0.15) is 17.1 Å². The van der Waals surface area contributed by atoms with Gasteiger partial charge in [-0.25, -0.2) is 9.78 Å².